The molecular formula is C18H17N5O2S. The molecule has 26 heavy (non-hydrogen) atoms. The van der Waals surface area contributed by atoms with Crippen LogP contribution in [-0.4, -0.2) is 29.5 Å². The minimum Gasteiger partial charge on any atom is -0.380 e. The van der Waals surface area contributed by atoms with E-state index in [-0.39, 0.29) is 17.0 Å². The monoisotopic (exact) mass is 367 g/mol. The van der Waals surface area contributed by atoms with Crippen molar-refractivity contribution in [3.8, 4) is 6.07 Å². The molecule has 0 unspecified atom stereocenters. The van der Waals surface area contributed by atoms with Gasteiger partial charge in [0.15, 0.2) is 5.65 Å². The lowest BCUT2D eigenvalue weighted by atomic mass is 9.87. The van der Waals surface area contributed by atoms with Gasteiger partial charge < -0.3 is 11.1 Å². The van der Waals surface area contributed by atoms with E-state index in [9.17, 15) is 13.7 Å². The quantitative estimate of drug-likeness (QED) is 0.729. The predicted octanol–water partition coefficient (Wildman–Crippen LogP) is 2.05. The predicted molar refractivity (Wildman–Crippen MR) is 98.1 cm³/mol. The van der Waals surface area contributed by atoms with Gasteiger partial charge in [0, 0.05) is 29.9 Å². The molecule has 4 rings (SSSR count). The minimum atomic E-state index is -3.76. The number of nitrogens with two attached hydrogens (primary N) is 1. The number of hydrogen-bond acceptors (Lipinski definition) is 6. The Labute approximate surface area is 151 Å². The second-order valence-electron chi connectivity index (χ2n) is 6.40. The Bertz CT molecular complexity index is 1110. The van der Waals surface area contributed by atoms with Crippen LogP contribution >= 0.6 is 0 Å². The summed E-state index contributed by atoms with van der Waals surface area (Å²) in [5, 5.41) is 13.3. The van der Waals surface area contributed by atoms with E-state index in [1.54, 1.807) is 36.4 Å². The summed E-state index contributed by atoms with van der Waals surface area (Å²) in [6, 6.07) is 12.3. The van der Waals surface area contributed by atoms with Gasteiger partial charge in [0.25, 0.3) is 10.0 Å². The van der Waals surface area contributed by atoms with Gasteiger partial charge in [-0.25, -0.2) is 17.4 Å². The number of aromatic nitrogens is 2. The molecule has 0 saturated heterocycles. The van der Waals surface area contributed by atoms with Crippen molar-refractivity contribution in [3.05, 3.63) is 54.4 Å². The van der Waals surface area contributed by atoms with Gasteiger partial charge in [0.1, 0.15) is 6.07 Å². The molecule has 132 valence electrons. The minimum absolute atomic E-state index is 0.165. The van der Waals surface area contributed by atoms with Crippen molar-refractivity contribution in [2.45, 2.75) is 29.8 Å². The number of pyridine rings is 1. The van der Waals surface area contributed by atoms with Crippen LogP contribution in [0.15, 0.2) is 53.7 Å². The van der Waals surface area contributed by atoms with Gasteiger partial charge in [0.05, 0.1) is 16.1 Å². The van der Waals surface area contributed by atoms with Gasteiger partial charge in [-0.15, -0.1) is 0 Å². The van der Waals surface area contributed by atoms with Crippen LogP contribution in [-0.2, 0) is 10.0 Å². The third kappa shape index (κ3) is 2.62. The first-order chi connectivity index (χ1) is 12.5. The van der Waals surface area contributed by atoms with Crippen molar-refractivity contribution < 1.29 is 8.42 Å². The van der Waals surface area contributed by atoms with Gasteiger partial charge in [-0.2, -0.15) is 5.26 Å². The molecule has 0 aliphatic heterocycles. The van der Waals surface area contributed by atoms with E-state index < -0.39 is 10.0 Å². The Morgan fingerprint density at radius 1 is 1.23 bits per heavy atom. The summed E-state index contributed by atoms with van der Waals surface area (Å²) in [4.78, 5) is 4.41. The third-order valence-corrected chi connectivity index (χ3v) is 6.30. The highest BCUT2D eigenvalue weighted by Gasteiger charge is 2.28. The molecule has 0 spiro atoms. The normalized spacial score (nSPS) is 19.7. The molecule has 2 aromatic heterocycles. The van der Waals surface area contributed by atoms with E-state index in [4.69, 9.17) is 5.73 Å². The molecular weight excluding hydrogens is 350 g/mol. The van der Waals surface area contributed by atoms with Crippen molar-refractivity contribution in [3.63, 3.8) is 0 Å². The maximum Gasteiger partial charge on any atom is 0.269 e. The molecule has 1 aliphatic rings. The number of hydrogen-bond donors (Lipinski definition) is 2. The van der Waals surface area contributed by atoms with Crippen LogP contribution in [0, 0.1) is 11.3 Å². The lowest BCUT2D eigenvalue weighted by molar-refractivity contribution is 0.374. The maximum absolute atomic E-state index is 12.9. The summed E-state index contributed by atoms with van der Waals surface area (Å²) >= 11 is 0. The van der Waals surface area contributed by atoms with Crippen LogP contribution in [0.2, 0.25) is 0 Å². The third-order valence-electron chi connectivity index (χ3n) is 4.62. The van der Waals surface area contributed by atoms with Crippen LogP contribution in [0.1, 0.15) is 18.4 Å². The highest BCUT2D eigenvalue weighted by atomic mass is 32.2. The number of anilines is 1. The molecule has 2 heterocycles. The van der Waals surface area contributed by atoms with Gasteiger partial charge >= 0.3 is 0 Å². The standard InChI is InChI=1S/C18H17N5O2S/c19-10-12-11-21-18-16(17(12)22-14-8-13(20)9-14)6-7-23(18)26(24,25)15-4-2-1-3-5-15/h1-7,11,13-14H,8-9,20H2,(H,21,22). The molecule has 3 N–H and O–H groups in total. The molecule has 1 aromatic carbocycles. The fourth-order valence-corrected chi connectivity index (χ4v) is 4.51. The average molecular weight is 367 g/mol. The summed E-state index contributed by atoms with van der Waals surface area (Å²) in [7, 11) is -3.76. The summed E-state index contributed by atoms with van der Waals surface area (Å²) in [5.41, 5.74) is 7.11. The topological polar surface area (TPSA) is 114 Å². The van der Waals surface area contributed by atoms with E-state index in [1.807, 2.05) is 0 Å². The van der Waals surface area contributed by atoms with Crippen LogP contribution in [0.5, 0.6) is 0 Å². The fraction of sp³-hybridized carbons (Fsp3) is 0.222. The van der Waals surface area contributed by atoms with Gasteiger partial charge in [-0.05, 0) is 31.0 Å². The highest BCUT2D eigenvalue weighted by Crippen LogP contribution is 2.32. The first kappa shape index (κ1) is 16.6. The van der Waals surface area contributed by atoms with E-state index in [2.05, 4.69) is 16.4 Å². The summed E-state index contributed by atoms with van der Waals surface area (Å²) in [6.07, 6.45) is 4.51. The zero-order valence-corrected chi connectivity index (χ0v) is 14.6. The molecule has 3 aromatic rings. The van der Waals surface area contributed by atoms with Crippen LogP contribution in [0.25, 0.3) is 11.0 Å². The van der Waals surface area contributed by atoms with E-state index in [0.29, 0.717) is 22.3 Å². The first-order valence-corrected chi connectivity index (χ1v) is 9.67. The Morgan fingerprint density at radius 3 is 2.62 bits per heavy atom. The Morgan fingerprint density at radius 2 is 1.96 bits per heavy atom. The molecule has 0 atom stereocenters. The summed E-state index contributed by atoms with van der Waals surface area (Å²) < 4.78 is 27.0. The van der Waals surface area contributed by atoms with Crippen LogP contribution in [0.4, 0.5) is 5.69 Å². The molecule has 1 saturated carbocycles. The second-order valence-corrected chi connectivity index (χ2v) is 8.21. The second kappa shape index (κ2) is 6.12. The summed E-state index contributed by atoms with van der Waals surface area (Å²) in [6.45, 7) is 0. The SMILES string of the molecule is N#Cc1cnc2c(ccn2S(=O)(=O)c2ccccc2)c1NC1CC(N)C1. The van der Waals surface area contributed by atoms with Crippen molar-refractivity contribution in [2.75, 3.05) is 5.32 Å². The van der Waals surface area contributed by atoms with E-state index in [0.717, 1.165) is 16.8 Å². The average Bonchev–Trinajstić information content (AvgIpc) is 3.06. The highest BCUT2D eigenvalue weighted by molar-refractivity contribution is 7.90. The maximum atomic E-state index is 12.9. The Hall–Kier alpha value is -2.89. The number of nitrogens with zero attached hydrogens (tertiary/aromatic N) is 3. The molecule has 1 aliphatic carbocycles. The van der Waals surface area contributed by atoms with Crippen molar-refractivity contribution in [1.82, 2.24) is 8.96 Å². The van der Waals surface area contributed by atoms with Gasteiger partial charge in [-0.1, -0.05) is 18.2 Å². The smallest absolute Gasteiger partial charge is 0.269 e. The zero-order chi connectivity index (χ0) is 18.3. The molecule has 1 fully saturated rings. The number of fused-ring (bicyclic) bond motifs is 1. The van der Waals surface area contributed by atoms with Gasteiger partial charge in [-0.3, -0.25) is 0 Å². The Kier molecular flexibility index (Phi) is 3.90. The first-order valence-electron chi connectivity index (χ1n) is 8.23. The zero-order valence-electron chi connectivity index (χ0n) is 13.8. The fourth-order valence-electron chi connectivity index (χ4n) is 3.19. The summed E-state index contributed by atoms with van der Waals surface area (Å²) in [5.74, 6) is 0. The largest absolute Gasteiger partial charge is 0.380 e. The van der Waals surface area contributed by atoms with Gasteiger partial charge in [0.2, 0.25) is 0 Å². The number of nitriles is 1. The lowest BCUT2D eigenvalue weighted by Gasteiger charge is -2.34. The Balaban J connectivity index is 1.83. The van der Waals surface area contributed by atoms with Crippen LogP contribution in [0.3, 0.4) is 0 Å². The van der Waals surface area contributed by atoms with E-state index >= 15 is 0 Å². The molecule has 8 heteroatoms. The van der Waals surface area contributed by atoms with Crippen molar-refractivity contribution >= 4 is 26.7 Å². The van der Waals surface area contributed by atoms with Crippen LogP contribution < -0.4 is 11.1 Å². The molecule has 0 radical (unpaired) electrons. The number of rotatable bonds is 4. The molecule has 0 bridgehead atoms. The van der Waals surface area contributed by atoms with Crippen molar-refractivity contribution in [1.29, 1.82) is 5.26 Å². The molecule has 0 amide bonds. The number of benzene rings is 1. The molecule has 7 nitrogen and oxygen atoms in total. The van der Waals surface area contributed by atoms with E-state index in [1.165, 1.54) is 12.4 Å². The number of nitrogens with one attached hydrogen (secondary N) is 1. The van der Waals surface area contributed by atoms with Crippen molar-refractivity contribution in [2.24, 2.45) is 5.73 Å². The lowest BCUT2D eigenvalue weighted by Crippen LogP contribution is -2.44.